The maximum Gasteiger partial charge on any atom is 0.408 e. The number of hydrogen-bond acceptors (Lipinski definition) is 8. The van der Waals surface area contributed by atoms with Gasteiger partial charge in [-0.3, -0.25) is 14.6 Å². The van der Waals surface area contributed by atoms with Crippen molar-refractivity contribution in [1.82, 2.24) is 15.8 Å². The minimum Gasteiger partial charge on any atom is -0.480 e. The number of carbonyl (C=O) groups is 4. The Hall–Kier alpha value is -3.64. The third-order valence-electron chi connectivity index (χ3n) is 6.29. The molecule has 0 aliphatic carbocycles. The summed E-state index contributed by atoms with van der Waals surface area (Å²) in [4.78, 5) is 51.0. The predicted molar refractivity (Wildman–Crippen MR) is 151 cm³/mol. The number of benzene rings is 2. The van der Waals surface area contributed by atoms with Gasteiger partial charge in [-0.2, -0.15) is 0 Å². The van der Waals surface area contributed by atoms with Gasteiger partial charge in [0.15, 0.2) is 0 Å². The van der Waals surface area contributed by atoms with Crippen LogP contribution in [0, 0.1) is 0 Å². The van der Waals surface area contributed by atoms with E-state index < -0.39 is 47.5 Å². The van der Waals surface area contributed by atoms with Gasteiger partial charge in [0.1, 0.15) is 24.3 Å². The molecule has 0 bridgehead atoms. The number of amides is 2. The van der Waals surface area contributed by atoms with Crippen molar-refractivity contribution < 1.29 is 33.8 Å². The van der Waals surface area contributed by atoms with E-state index in [-0.39, 0.29) is 24.4 Å². The standard InChI is InChI=1S/C28H35BrN4O7/c1-16(19-13-18(29)14-20(22(19)30)26(37)39-15-17-9-6-5-7-10-17)23(31-27(38)40-28(2,3)4)24(34)33-12-8-11-21(32-33)25(35)36/h5-7,9-10,13-14,16,21,23,32H,8,11-12,15,30H2,1-4H3,(H,31,38)(H,35,36). The molecule has 2 aromatic carbocycles. The Morgan fingerprint density at radius 3 is 2.50 bits per heavy atom. The van der Waals surface area contributed by atoms with Gasteiger partial charge in [0.05, 0.1) is 5.56 Å². The molecule has 1 heterocycles. The number of esters is 1. The minimum atomic E-state index is -1.21. The molecule has 3 unspecified atom stereocenters. The number of nitrogens with two attached hydrogens (primary N) is 1. The maximum atomic E-state index is 13.7. The Labute approximate surface area is 241 Å². The summed E-state index contributed by atoms with van der Waals surface area (Å²) in [5.74, 6) is -3.07. The van der Waals surface area contributed by atoms with Crippen LogP contribution in [0.5, 0.6) is 0 Å². The first-order valence-electron chi connectivity index (χ1n) is 12.9. The van der Waals surface area contributed by atoms with E-state index in [1.807, 2.05) is 30.3 Å². The number of carbonyl (C=O) groups excluding carboxylic acids is 3. The summed E-state index contributed by atoms with van der Waals surface area (Å²) in [6.45, 7) is 7.04. The third-order valence-corrected chi connectivity index (χ3v) is 6.75. The van der Waals surface area contributed by atoms with E-state index in [9.17, 15) is 24.3 Å². The number of nitrogens with zero attached hydrogens (tertiary/aromatic N) is 1. The van der Waals surface area contributed by atoms with Crippen LogP contribution >= 0.6 is 15.9 Å². The highest BCUT2D eigenvalue weighted by atomic mass is 79.9. The topological polar surface area (TPSA) is 160 Å². The lowest BCUT2D eigenvalue weighted by Crippen LogP contribution is -2.61. The van der Waals surface area contributed by atoms with Crippen LogP contribution in [0.3, 0.4) is 0 Å². The average Bonchev–Trinajstić information content (AvgIpc) is 2.90. The summed E-state index contributed by atoms with van der Waals surface area (Å²) in [6, 6.07) is 10.2. The summed E-state index contributed by atoms with van der Waals surface area (Å²) in [7, 11) is 0. The average molecular weight is 620 g/mol. The number of carboxylic acid groups (broad SMARTS) is 1. The van der Waals surface area contributed by atoms with Crippen LogP contribution in [0.4, 0.5) is 10.5 Å². The van der Waals surface area contributed by atoms with Crippen molar-refractivity contribution in [2.75, 3.05) is 12.3 Å². The first kappa shape index (κ1) is 30.9. The summed E-state index contributed by atoms with van der Waals surface area (Å²) in [6.07, 6.45) is -0.0218. The first-order valence-corrected chi connectivity index (χ1v) is 13.7. The SMILES string of the molecule is CC(c1cc(Br)cc(C(=O)OCc2ccccc2)c1N)C(NC(=O)OC(C)(C)C)C(=O)N1CCCC(C(=O)O)N1. The number of hydrogen-bond donors (Lipinski definition) is 4. The fraction of sp³-hybridized carbons (Fsp3) is 0.429. The molecule has 3 rings (SSSR count). The zero-order chi connectivity index (χ0) is 29.6. The van der Waals surface area contributed by atoms with Crippen LogP contribution in [-0.4, -0.2) is 58.3 Å². The second-order valence-electron chi connectivity index (χ2n) is 10.6. The summed E-state index contributed by atoms with van der Waals surface area (Å²) in [5.41, 5.74) is 9.74. The first-order chi connectivity index (χ1) is 18.8. The number of nitrogen functional groups attached to an aromatic ring is 1. The van der Waals surface area contributed by atoms with Gasteiger partial charge in [-0.1, -0.05) is 53.2 Å². The number of carboxylic acids is 1. The Morgan fingerprint density at radius 2 is 1.88 bits per heavy atom. The minimum absolute atomic E-state index is 0.0448. The summed E-state index contributed by atoms with van der Waals surface area (Å²) in [5, 5.41) is 13.3. The van der Waals surface area contributed by atoms with E-state index in [0.717, 1.165) is 5.56 Å². The van der Waals surface area contributed by atoms with Crippen LogP contribution in [0.2, 0.25) is 0 Å². The van der Waals surface area contributed by atoms with Gasteiger partial charge in [-0.15, -0.1) is 0 Å². The fourth-order valence-corrected chi connectivity index (χ4v) is 4.77. The number of aliphatic carboxylic acids is 1. The van der Waals surface area contributed by atoms with Crippen molar-refractivity contribution in [3.63, 3.8) is 0 Å². The van der Waals surface area contributed by atoms with Crippen LogP contribution in [0.15, 0.2) is 46.9 Å². The monoisotopic (exact) mass is 618 g/mol. The molecule has 1 aliphatic rings. The number of ether oxygens (including phenoxy) is 2. The highest BCUT2D eigenvalue weighted by molar-refractivity contribution is 9.10. The molecule has 3 atom stereocenters. The molecule has 2 amide bonds. The quantitative estimate of drug-likeness (QED) is 0.253. The van der Waals surface area contributed by atoms with Gasteiger partial charge < -0.3 is 25.6 Å². The Kier molecular flexibility index (Phi) is 10.2. The lowest BCUT2D eigenvalue weighted by molar-refractivity contribution is -0.148. The number of nitrogens with one attached hydrogen (secondary N) is 2. The molecular weight excluding hydrogens is 584 g/mol. The van der Waals surface area contributed by atoms with Gasteiger partial charge in [0, 0.05) is 22.6 Å². The van der Waals surface area contributed by atoms with Crippen LogP contribution in [0.25, 0.3) is 0 Å². The van der Waals surface area contributed by atoms with Crippen molar-refractivity contribution >= 4 is 45.6 Å². The molecular formula is C28H35BrN4O7. The molecule has 11 nitrogen and oxygen atoms in total. The van der Waals surface area contributed by atoms with Crippen molar-refractivity contribution in [2.24, 2.45) is 0 Å². The highest BCUT2D eigenvalue weighted by Crippen LogP contribution is 2.33. The molecule has 1 fully saturated rings. The van der Waals surface area contributed by atoms with Gasteiger partial charge in [0.2, 0.25) is 0 Å². The smallest absolute Gasteiger partial charge is 0.408 e. The second kappa shape index (κ2) is 13.1. The Balaban J connectivity index is 1.92. The van der Waals surface area contributed by atoms with Gasteiger partial charge in [0.25, 0.3) is 5.91 Å². The van der Waals surface area contributed by atoms with Gasteiger partial charge in [-0.05, 0) is 56.9 Å². The lowest BCUT2D eigenvalue weighted by Gasteiger charge is -2.36. The number of anilines is 1. The summed E-state index contributed by atoms with van der Waals surface area (Å²) < 4.78 is 11.4. The number of hydrazine groups is 1. The molecule has 1 aliphatic heterocycles. The Bertz CT molecular complexity index is 1250. The van der Waals surface area contributed by atoms with E-state index in [4.69, 9.17) is 15.2 Å². The zero-order valence-corrected chi connectivity index (χ0v) is 24.5. The number of rotatable bonds is 8. The molecule has 2 aromatic rings. The van der Waals surface area contributed by atoms with Gasteiger partial charge >= 0.3 is 18.0 Å². The molecule has 0 aromatic heterocycles. The number of halogens is 1. The Morgan fingerprint density at radius 1 is 1.20 bits per heavy atom. The molecule has 40 heavy (non-hydrogen) atoms. The summed E-state index contributed by atoms with van der Waals surface area (Å²) >= 11 is 3.41. The van der Waals surface area contributed by atoms with Gasteiger partial charge in [-0.25, -0.2) is 15.0 Å². The van der Waals surface area contributed by atoms with Crippen LogP contribution < -0.4 is 16.5 Å². The van der Waals surface area contributed by atoms with E-state index in [0.29, 0.717) is 22.9 Å². The lowest BCUT2D eigenvalue weighted by atomic mass is 9.89. The van der Waals surface area contributed by atoms with E-state index in [2.05, 4.69) is 26.7 Å². The molecule has 0 radical (unpaired) electrons. The highest BCUT2D eigenvalue weighted by Gasteiger charge is 2.37. The van der Waals surface area contributed by atoms with Crippen LogP contribution in [0.1, 0.15) is 67.9 Å². The molecule has 1 saturated heterocycles. The van der Waals surface area contributed by atoms with Crippen LogP contribution in [-0.2, 0) is 25.7 Å². The second-order valence-corrected chi connectivity index (χ2v) is 11.5. The maximum absolute atomic E-state index is 13.7. The normalized spacial score (nSPS) is 16.9. The number of alkyl carbamates (subject to hydrolysis) is 1. The molecule has 216 valence electrons. The predicted octanol–water partition coefficient (Wildman–Crippen LogP) is 3.97. The van der Waals surface area contributed by atoms with Crippen molar-refractivity contribution in [3.8, 4) is 0 Å². The largest absolute Gasteiger partial charge is 0.480 e. The third kappa shape index (κ3) is 8.18. The van der Waals surface area contributed by atoms with Crippen molar-refractivity contribution in [3.05, 3.63) is 63.6 Å². The molecule has 0 saturated carbocycles. The van der Waals surface area contributed by atoms with E-state index in [1.54, 1.807) is 33.8 Å². The fourth-order valence-electron chi connectivity index (χ4n) is 4.29. The van der Waals surface area contributed by atoms with E-state index >= 15 is 0 Å². The molecule has 0 spiro atoms. The van der Waals surface area contributed by atoms with E-state index in [1.165, 1.54) is 11.1 Å². The molecule has 12 heteroatoms. The van der Waals surface area contributed by atoms with Crippen molar-refractivity contribution in [2.45, 2.75) is 70.7 Å². The van der Waals surface area contributed by atoms with Crippen molar-refractivity contribution in [1.29, 1.82) is 0 Å². The molecule has 5 N–H and O–H groups in total. The zero-order valence-electron chi connectivity index (χ0n) is 22.9.